The van der Waals surface area contributed by atoms with Gasteiger partial charge in [-0.25, -0.2) is 8.42 Å². The average molecular weight is 205 g/mol. The fourth-order valence-corrected chi connectivity index (χ4v) is 1.61. The number of hydrogen-bond acceptors (Lipinski definition) is 2. The summed E-state index contributed by atoms with van der Waals surface area (Å²) in [6.07, 6.45) is 2.29. The van der Waals surface area contributed by atoms with Crippen LogP contribution in [0.2, 0.25) is 0 Å². The molecular formula is C5H10Cl2O2S. The van der Waals surface area contributed by atoms with Crippen molar-refractivity contribution in [2.75, 3.05) is 11.6 Å². The molecule has 0 aromatic carbocycles. The van der Waals surface area contributed by atoms with Crippen molar-refractivity contribution >= 4 is 31.3 Å². The molecule has 0 amide bonds. The van der Waals surface area contributed by atoms with Crippen LogP contribution in [0.15, 0.2) is 0 Å². The van der Waals surface area contributed by atoms with Crippen molar-refractivity contribution in [3.63, 3.8) is 0 Å². The van der Waals surface area contributed by atoms with Crippen molar-refractivity contribution in [1.82, 2.24) is 0 Å². The maximum atomic E-state index is 10.3. The van der Waals surface area contributed by atoms with E-state index in [1.807, 2.05) is 0 Å². The van der Waals surface area contributed by atoms with Gasteiger partial charge in [-0.3, -0.25) is 0 Å². The molecule has 62 valence electrons. The molecule has 0 atom stereocenters. The second kappa shape index (κ2) is 5.22. The van der Waals surface area contributed by atoms with E-state index in [9.17, 15) is 8.42 Å². The summed E-state index contributed by atoms with van der Waals surface area (Å²) >= 11 is 5.37. The normalized spacial score (nSPS) is 11.8. The van der Waals surface area contributed by atoms with Crippen molar-refractivity contribution < 1.29 is 8.42 Å². The molecule has 0 aliphatic heterocycles. The zero-order chi connectivity index (χ0) is 8.04. The van der Waals surface area contributed by atoms with E-state index in [0.29, 0.717) is 12.3 Å². The Morgan fingerprint density at radius 1 is 1.10 bits per heavy atom. The molecule has 0 bridgehead atoms. The Balaban J connectivity index is 3.21. The highest BCUT2D eigenvalue weighted by Crippen LogP contribution is 2.03. The molecule has 0 aromatic heterocycles. The molecule has 10 heavy (non-hydrogen) atoms. The highest BCUT2D eigenvalue weighted by atomic mass is 35.7. The van der Waals surface area contributed by atoms with E-state index in [2.05, 4.69) is 0 Å². The minimum atomic E-state index is -3.28. The lowest BCUT2D eigenvalue weighted by Gasteiger charge is -1.93. The fraction of sp³-hybridized carbons (Fsp3) is 1.00. The molecule has 0 aliphatic carbocycles. The van der Waals surface area contributed by atoms with Crippen LogP contribution in [0.5, 0.6) is 0 Å². The Bertz CT molecular complexity index is 164. The lowest BCUT2D eigenvalue weighted by molar-refractivity contribution is 0.604. The fourth-order valence-electron chi connectivity index (χ4n) is 0.546. The van der Waals surface area contributed by atoms with Gasteiger partial charge in [0.05, 0.1) is 5.75 Å². The van der Waals surface area contributed by atoms with Gasteiger partial charge in [0.15, 0.2) is 0 Å². The minimum absolute atomic E-state index is 0.0610. The summed E-state index contributed by atoms with van der Waals surface area (Å²) in [6.45, 7) is 0. The Morgan fingerprint density at radius 3 is 2.10 bits per heavy atom. The monoisotopic (exact) mass is 204 g/mol. The first-order valence-electron chi connectivity index (χ1n) is 3.04. The van der Waals surface area contributed by atoms with Crippen molar-refractivity contribution in [3.8, 4) is 0 Å². The third-order valence-electron chi connectivity index (χ3n) is 1.02. The molecule has 5 heteroatoms. The summed E-state index contributed by atoms with van der Waals surface area (Å²) in [5, 5.41) is 0. The number of unbranched alkanes of at least 4 members (excludes halogenated alkanes) is 2. The summed E-state index contributed by atoms with van der Waals surface area (Å²) in [6, 6.07) is 0. The largest absolute Gasteiger partial charge is 0.232 e. The molecule has 0 aliphatic rings. The predicted octanol–water partition coefficient (Wildman–Crippen LogP) is 1.96. The van der Waals surface area contributed by atoms with Crippen LogP contribution >= 0.6 is 22.3 Å². The Morgan fingerprint density at radius 2 is 1.70 bits per heavy atom. The minimum Gasteiger partial charge on any atom is -0.212 e. The van der Waals surface area contributed by atoms with Gasteiger partial charge >= 0.3 is 0 Å². The van der Waals surface area contributed by atoms with Crippen LogP contribution in [0, 0.1) is 0 Å². The first-order chi connectivity index (χ1) is 4.56. The first kappa shape index (κ1) is 10.5. The molecule has 0 fully saturated rings. The van der Waals surface area contributed by atoms with Crippen LogP contribution in [0.4, 0.5) is 0 Å². The number of rotatable bonds is 5. The first-order valence-corrected chi connectivity index (χ1v) is 6.06. The van der Waals surface area contributed by atoms with E-state index in [0.717, 1.165) is 12.8 Å². The van der Waals surface area contributed by atoms with E-state index < -0.39 is 9.05 Å². The summed E-state index contributed by atoms with van der Waals surface area (Å²) in [5.74, 6) is 0.647. The van der Waals surface area contributed by atoms with Crippen molar-refractivity contribution in [2.24, 2.45) is 0 Å². The van der Waals surface area contributed by atoms with Gasteiger partial charge in [-0.2, -0.15) is 0 Å². The van der Waals surface area contributed by atoms with Gasteiger partial charge in [-0.15, -0.1) is 11.6 Å². The van der Waals surface area contributed by atoms with Gasteiger partial charge < -0.3 is 0 Å². The second-order valence-corrected chi connectivity index (χ2v) is 5.27. The van der Waals surface area contributed by atoms with E-state index in [1.165, 1.54) is 0 Å². The standard InChI is InChI=1S/C5H10Cl2O2S/c6-4-2-1-3-5-10(7,8)9/h1-5H2. The van der Waals surface area contributed by atoms with Crippen molar-refractivity contribution in [3.05, 3.63) is 0 Å². The van der Waals surface area contributed by atoms with Crippen LogP contribution in [-0.4, -0.2) is 20.1 Å². The predicted molar refractivity (Wildman–Crippen MR) is 44.2 cm³/mol. The van der Waals surface area contributed by atoms with Gasteiger partial charge in [-0.1, -0.05) is 6.42 Å². The molecule has 0 spiro atoms. The summed E-state index contributed by atoms with van der Waals surface area (Å²) in [4.78, 5) is 0. The third-order valence-corrected chi connectivity index (χ3v) is 2.53. The smallest absolute Gasteiger partial charge is 0.212 e. The molecule has 0 aromatic rings. The van der Waals surface area contributed by atoms with E-state index in [-0.39, 0.29) is 5.75 Å². The number of halogens is 2. The zero-order valence-corrected chi connectivity index (χ0v) is 7.84. The van der Waals surface area contributed by atoms with Crippen LogP contribution in [0.3, 0.4) is 0 Å². The zero-order valence-electron chi connectivity index (χ0n) is 5.52. The highest BCUT2D eigenvalue weighted by molar-refractivity contribution is 8.13. The van der Waals surface area contributed by atoms with E-state index in [4.69, 9.17) is 22.3 Å². The maximum absolute atomic E-state index is 10.3. The molecule has 0 saturated carbocycles. The molecule has 0 saturated heterocycles. The quantitative estimate of drug-likeness (QED) is 0.390. The van der Waals surface area contributed by atoms with Gasteiger partial charge in [0, 0.05) is 16.6 Å². The molecular weight excluding hydrogens is 195 g/mol. The van der Waals surface area contributed by atoms with Crippen molar-refractivity contribution in [2.45, 2.75) is 19.3 Å². The molecule has 0 heterocycles. The van der Waals surface area contributed by atoms with Gasteiger partial charge in [0.2, 0.25) is 9.05 Å². The topological polar surface area (TPSA) is 34.1 Å². The number of alkyl halides is 1. The van der Waals surface area contributed by atoms with Crippen molar-refractivity contribution in [1.29, 1.82) is 0 Å². The Labute approximate surface area is 70.9 Å². The van der Waals surface area contributed by atoms with Crippen LogP contribution < -0.4 is 0 Å². The lowest BCUT2D eigenvalue weighted by Crippen LogP contribution is -1.96. The van der Waals surface area contributed by atoms with Gasteiger partial charge in [0.1, 0.15) is 0 Å². The lowest BCUT2D eigenvalue weighted by atomic mass is 10.3. The molecule has 0 unspecified atom stereocenters. The Kier molecular flexibility index (Phi) is 5.49. The van der Waals surface area contributed by atoms with E-state index >= 15 is 0 Å². The Hall–Kier alpha value is 0.530. The number of hydrogen-bond donors (Lipinski definition) is 0. The second-order valence-electron chi connectivity index (χ2n) is 1.99. The third kappa shape index (κ3) is 8.53. The molecule has 0 rings (SSSR count). The van der Waals surface area contributed by atoms with Gasteiger partial charge in [0.25, 0.3) is 0 Å². The van der Waals surface area contributed by atoms with Crippen LogP contribution in [0.1, 0.15) is 19.3 Å². The average Bonchev–Trinajstić information content (AvgIpc) is 1.78. The van der Waals surface area contributed by atoms with Crippen LogP contribution in [0.25, 0.3) is 0 Å². The SMILES string of the molecule is O=S(=O)(Cl)CCCCCCl. The molecule has 0 radical (unpaired) electrons. The maximum Gasteiger partial charge on any atom is 0.232 e. The highest BCUT2D eigenvalue weighted by Gasteiger charge is 2.02. The molecule has 2 nitrogen and oxygen atoms in total. The summed E-state index contributed by atoms with van der Waals surface area (Å²) < 4.78 is 20.7. The van der Waals surface area contributed by atoms with Gasteiger partial charge in [-0.05, 0) is 12.8 Å². The molecule has 0 N–H and O–H groups in total. The summed E-state index contributed by atoms with van der Waals surface area (Å²) in [7, 11) is 1.68. The summed E-state index contributed by atoms with van der Waals surface area (Å²) in [5.41, 5.74) is 0. The van der Waals surface area contributed by atoms with E-state index in [1.54, 1.807) is 0 Å². The van der Waals surface area contributed by atoms with Crippen LogP contribution in [-0.2, 0) is 9.05 Å².